The third-order valence-corrected chi connectivity index (χ3v) is 5.87. The van der Waals surface area contributed by atoms with Crippen LogP contribution in [0.1, 0.15) is 47.7 Å². The van der Waals surface area contributed by atoms with E-state index in [1.165, 1.54) is 17.0 Å². The summed E-state index contributed by atoms with van der Waals surface area (Å²) < 4.78 is 47.6. The topological polar surface area (TPSA) is 64.4 Å². The van der Waals surface area contributed by atoms with Crippen molar-refractivity contribution in [2.75, 3.05) is 13.1 Å². The van der Waals surface area contributed by atoms with Gasteiger partial charge < -0.3 is 9.30 Å². The summed E-state index contributed by atoms with van der Waals surface area (Å²) in [4.78, 5) is 30.7. The number of benzene rings is 1. The number of ether oxygens (including phenoxy) is 1. The van der Waals surface area contributed by atoms with Gasteiger partial charge in [0.1, 0.15) is 22.9 Å². The number of alkyl halides is 2. The summed E-state index contributed by atoms with van der Waals surface area (Å²) >= 11 is 0. The van der Waals surface area contributed by atoms with E-state index < -0.39 is 23.4 Å². The number of imidazole rings is 1. The molecule has 6 nitrogen and oxygen atoms in total. The highest BCUT2D eigenvalue weighted by Crippen LogP contribution is 2.43. The number of carbonyl (C=O) groups is 2. The molecule has 1 aromatic carbocycles. The number of aryl methyl sites for hydroxylation is 1. The lowest BCUT2D eigenvalue weighted by molar-refractivity contribution is -0.0910. The minimum absolute atomic E-state index is 0.0722. The lowest BCUT2D eigenvalue weighted by Gasteiger charge is -2.34. The van der Waals surface area contributed by atoms with Crippen molar-refractivity contribution in [1.29, 1.82) is 0 Å². The van der Waals surface area contributed by atoms with Crippen molar-refractivity contribution in [3.05, 3.63) is 47.3 Å². The van der Waals surface area contributed by atoms with E-state index in [-0.39, 0.29) is 50.2 Å². The van der Waals surface area contributed by atoms with Crippen molar-refractivity contribution in [2.45, 2.75) is 51.1 Å². The van der Waals surface area contributed by atoms with E-state index in [1.807, 2.05) is 0 Å². The van der Waals surface area contributed by atoms with E-state index in [4.69, 9.17) is 4.74 Å². The second-order valence-electron chi connectivity index (χ2n) is 8.09. The zero-order valence-electron chi connectivity index (χ0n) is 16.8. The highest BCUT2D eigenvalue weighted by molar-refractivity contribution is 5.98. The standard InChI is InChI=1S/C21H22F3N3O3/c1-13-18(25-14(2)27(13)16-5-3-4-15(22)10-16)17(28)11-26-12-20(30-19(26)29)6-8-21(23,24)9-7-20/h3-5,10H,6-9,11-12H2,1-2H3. The number of rotatable bonds is 4. The Labute approximate surface area is 171 Å². The summed E-state index contributed by atoms with van der Waals surface area (Å²) in [6, 6.07) is 5.95. The van der Waals surface area contributed by atoms with Crippen molar-refractivity contribution in [3.8, 4) is 5.69 Å². The first kappa shape index (κ1) is 20.4. The molecule has 9 heteroatoms. The van der Waals surface area contributed by atoms with Crippen LogP contribution in [0.25, 0.3) is 5.69 Å². The lowest BCUT2D eigenvalue weighted by atomic mass is 9.83. The zero-order chi connectivity index (χ0) is 21.7. The molecule has 4 rings (SSSR count). The van der Waals surface area contributed by atoms with Crippen molar-refractivity contribution in [3.63, 3.8) is 0 Å². The first-order valence-electron chi connectivity index (χ1n) is 9.80. The van der Waals surface area contributed by atoms with E-state index in [0.717, 1.165) is 0 Å². The molecule has 2 heterocycles. The molecule has 1 saturated carbocycles. The van der Waals surface area contributed by atoms with Gasteiger partial charge in [-0.05, 0) is 44.9 Å². The largest absolute Gasteiger partial charge is 0.441 e. The van der Waals surface area contributed by atoms with Crippen LogP contribution in [0.5, 0.6) is 0 Å². The van der Waals surface area contributed by atoms with Crippen molar-refractivity contribution < 1.29 is 27.5 Å². The summed E-state index contributed by atoms with van der Waals surface area (Å²) in [5.41, 5.74) is 0.299. The maximum Gasteiger partial charge on any atom is 0.410 e. The lowest BCUT2D eigenvalue weighted by Crippen LogP contribution is -2.42. The van der Waals surface area contributed by atoms with E-state index in [9.17, 15) is 22.8 Å². The number of amides is 1. The monoisotopic (exact) mass is 421 g/mol. The van der Waals surface area contributed by atoms with Gasteiger partial charge in [-0.25, -0.2) is 22.9 Å². The highest BCUT2D eigenvalue weighted by Gasteiger charge is 2.51. The number of nitrogens with zero attached hydrogens (tertiary/aromatic N) is 3. The van der Waals surface area contributed by atoms with Crippen LogP contribution in [0, 0.1) is 19.7 Å². The van der Waals surface area contributed by atoms with Crippen LogP contribution in [0.3, 0.4) is 0 Å². The smallest absolute Gasteiger partial charge is 0.410 e. The Morgan fingerprint density at radius 1 is 1.20 bits per heavy atom. The Hall–Kier alpha value is -2.84. The number of carbonyl (C=O) groups excluding carboxylic acids is 2. The van der Waals surface area contributed by atoms with Gasteiger partial charge in [-0.2, -0.15) is 0 Å². The summed E-state index contributed by atoms with van der Waals surface area (Å²) in [6.45, 7) is 3.26. The number of ketones is 1. The van der Waals surface area contributed by atoms with E-state index in [1.54, 1.807) is 30.5 Å². The predicted molar refractivity (Wildman–Crippen MR) is 102 cm³/mol. The number of hydrogen-bond acceptors (Lipinski definition) is 4. The van der Waals surface area contributed by atoms with Gasteiger partial charge >= 0.3 is 6.09 Å². The first-order valence-corrected chi connectivity index (χ1v) is 9.80. The van der Waals surface area contributed by atoms with E-state index in [0.29, 0.717) is 17.2 Å². The molecule has 30 heavy (non-hydrogen) atoms. The summed E-state index contributed by atoms with van der Waals surface area (Å²) in [5, 5.41) is 0. The van der Waals surface area contributed by atoms with Crippen LogP contribution in [0.2, 0.25) is 0 Å². The molecule has 0 atom stereocenters. The minimum atomic E-state index is -2.74. The molecule has 2 aromatic rings. The molecule has 160 valence electrons. The minimum Gasteiger partial charge on any atom is -0.441 e. The van der Waals surface area contributed by atoms with Gasteiger partial charge in [0.15, 0.2) is 0 Å². The Morgan fingerprint density at radius 3 is 2.57 bits per heavy atom. The first-order chi connectivity index (χ1) is 14.1. The average Bonchev–Trinajstić information content (AvgIpc) is 3.14. The molecule has 2 fully saturated rings. The van der Waals surface area contributed by atoms with E-state index >= 15 is 0 Å². The average molecular weight is 421 g/mol. The normalized spacial score (nSPS) is 19.9. The van der Waals surface area contributed by atoms with Crippen LogP contribution in [0.15, 0.2) is 24.3 Å². The van der Waals surface area contributed by atoms with Gasteiger partial charge in [0, 0.05) is 18.5 Å². The van der Waals surface area contributed by atoms with Gasteiger partial charge in [0.05, 0.1) is 18.8 Å². The van der Waals surface area contributed by atoms with Crippen LogP contribution in [-0.4, -0.2) is 50.9 Å². The van der Waals surface area contributed by atoms with Crippen molar-refractivity contribution in [2.24, 2.45) is 0 Å². The number of aromatic nitrogens is 2. The van der Waals surface area contributed by atoms with Crippen LogP contribution in [-0.2, 0) is 4.74 Å². The Bertz CT molecular complexity index is 1010. The van der Waals surface area contributed by atoms with Crippen molar-refractivity contribution >= 4 is 11.9 Å². The molecule has 1 aliphatic carbocycles. The molecule has 1 aliphatic heterocycles. The quantitative estimate of drug-likeness (QED) is 0.694. The van der Waals surface area contributed by atoms with Crippen LogP contribution < -0.4 is 0 Å². The summed E-state index contributed by atoms with van der Waals surface area (Å²) in [5.74, 6) is -3.02. The second kappa shape index (κ2) is 7.14. The zero-order valence-corrected chi connectivity index (χ0v) is 16.8. The Balaban J connectivity index is 1.51. The SMILES string of the molecule is Cc1nc(C(=O)CN2CC3(CCC(F)(F)CC3)OC2=O)c(C)n1-c1cccc(F)c1. The molecule has 1 spiro atoms. The maximum absolute atomic E-state index is 13.6. The third kappa shape index (κ3) is 3.68. The fourth-order valence-electron chi connectivity index (χ4n) is 4.30. The van der Waals surface area contributed by atoms with E-state index in [2.05, 4.69) is 4.98 Å². The van der Waals surface area contributed by atoms with Crippen LogP contribution >= 0.6 is 0 Å². The molecular weight excluding hydrogens is 399 g/mol. The molecule has 1 amide bonds. The van der Waals surface area contributed by atoms with Crippen LogP contribution in [0.4, 0.5) is 18.0 Å². The fraction of sp³-hybridized carbons (Fsp3) is 0.476. The number of hydrogen-bond donors (Lipinski definition) is 0. The Kier molecular flexibility index (Phi) is 4.86. The van der Waals surface area contributed by atoms with Gasteiger partial charge in [-0.1, -0.05) is 6.07 Å². The van der Waals surface area contributed by atoms with Gasteiger partial charge in [0.2, 0.25) is 11.7 Å². The van der Waals surface area contributed by atoms with Gasteiger partial charge in [0.25, 0.3) is 0 Å². The molecule has 0 N–H and O–H groups in total. The van der Waals surface area contributed by atoms with Gasteiger partial charge in [-0.15, -0.1) is 0 Å². The molecule has 0 bridgehead atoms. The highest BCUT2D eigenvalue weighted by atomic mass is 19.3. The number of halogens is 3. The Morgan fingerprint density at radius 2 is 1.90 bits per heavy atom. The van der Waals surface area contributed by atoms with Gasteiger partial charge in [-0.3, -0.25) is 9.69 Å². The number of Topliss-reactive ketones (excluding diaryl/α,β-unsaturated/α-hetero) is 1. The maximum atomic E-state index is 13.6. The van der Waals surface area contributed by atoms with Crippen molar-refractivity contribution in [1.82, 2.24) is 14.5 Å². The third-order valence-electron chi connectivity index (χ3n) is 5.87. The molecule has 1 saturated heterocycles. The summed E-state index contributed by atoms with van der Waals surface area (Å²) in [6.07, 6.45) is -1.20. The molecule has 0 unspecified atom stereocenters. The molecule has 2 aliphatic rings. The molecule has 1 aromatic heterocycles. The summed E-state index contributed by atoms with van der Waals surface area (Å²) in [7, 11) is 0. The fourth-order valence-corrected chi connectivity index (χ4v) is 4.30. The predicted octanol–water partition coefficient (Wildman–Crippen LogP) is 4.21. The second-order valence-corrected chi connectivity index (χ2v) is 8.09. The molecular formula is C21H22F3N3O3. The molecule has 0 radical (unpaired) electrons.